The Morgan fingerprint density at radius 3 is 2.72 bits per heavy atom. The van der Waals surface area contributed by atoms with E-state index in [4.69, 9.17) is 10.2 Å². The van der Waals surface area contributed by atoms with Crippen molar-refractivity contribution in [3.63, 3.8) is 0 Å². The molecule has 2 N–H and O–H groups in total. The van der Waals surface area contributed by atoms with Crippen molar-refractivity contribution < 1.29 is 29.3 Å². The number of morpholine rings is 1. The average Bonchev–Trinajstić information content (AvgIpc) is 2.24. The number of likely N-dealkylation sites (N-methyl/N-ethyl adjacent to an activating group) is 1. The number of hydrogen-bond donors (Lipinski definition) is 2. The first-order chi connectivity index (χ1) is 8.38. The smallest absolute Gasteiger partial charge is 0.346 e. The van der Waals surface area contributed by atoms with Gasteiger partial charge in [-0.25, -0.2) is 4.79 Å². The second-order valence-corrected chi connectivity index (χ2v) is 4.18. The molecule has 102 valence electrons. The number of carbonyl (C=O) groups is 3. The Labute approximate surface area is 104 Å². The molecular formula is C10H16N2O6. The van der Waals surface area contributed by atoms with Crippen LogP contribution in [-0.2, 0) is 19.1 Å². The summed E-state index contributed by atoms with van der Waals surface area (Å²) in [5.41, 5.74) is 0. The molecule has 1 unspecified atom stereocenters. The molecule has 0 aliphatic carbocycles. The molecule has 8 nitrogen and oxygen atoms in total. The number of hydrogen-bond acceptors (Lipinski definition) is 6. The Morgan fingerprint density at radius 2 is 2.17 bits per heavy atom. The van der Waals surface area contributed by atoms with E-state index in [1.807, 2.05) is 0 Å². The number of cyclic esters (lactones) is 1. The van der Waals surface area contributed by atoms with Crippen LogP contribution in [0.15, 0.2) is 0 Å². The maximum atomic E-state index is 11.2. The van der Waals surface area contributed by atoms with Gasteiger partial charge in [-0.3, -0.25) is 19.4 Å². The second-order valence-electron chi connectivity index (χ2n) is 4.18. The maximum absolute atomic E-state index is 11.2. The molecule has 1 aliphatic heterocycles. The minimum absolute atomic E-state index is 0.0324. The second kappa shape index (κ2) is 6.31. The lowest BCUT2D eigenvalue weighted by molar-refractivity contribution is -0.172. The van der Waals surface area contributed by atoms with Crippen LogP contribution in [0.2, 0.25) is 0 Å². The molecule has 0 bridgehead atoms. The van der Waals surface area contributed by atoms with E-state index in [1.165, 1.54) is 0 Å². The summed E-state index contributed by atoms with van der Waals surface area (Å²) in [7, 11) is 1.64. The fraction of sp³-hybridized carbons (Fsp3) is 0.700. The molecule has 0 spiro atoms. The molecule has 18 heavy (non-hydrogen) atoms. The van der Waals surface area contributed by atoms with Crippen LogP contribution in [0.25, 0.3) is 0 Å². The summed E-state index contributed by atoms with van der Waals surface area (Å²) >= 11 is 0. The van der Waals surface area contributed by atoms with Gasteiger partial charge in [0, 0.05) is 19.6 Å². The zero-order valence-electron chi connectivity index (χ0n) is 10.0. The third-order valence-electron chi connectivity index (χ3n) is 2.53. The number of carbonyl (C=O) groups excluding carboxylic acids is 1. The van der Waals surface area contributed by atoms with Crippen LogP contribution in [0.1, 0.15) is 0 Å². The number of carboxylic acid groups (broad SMARTS) is 2. The molecule has 1 rings (SSSR count). The standard InChI is InChI=1S/C10H16N2O6/c1-11(5-8(13)14)2-3-12-4-7(10(16)17)18-9(15)6-12/h7H,2-6H2,1H3,(H,13,14)(H,16,17). The van der Waals surface area contributed by atoms with Crippen molar-refractivity contribution in [1.29, 1.82) is 0 Å². The van der Waals surface area contributed by atoms with Gasteiger partial charge in [-0.15, -0.1) is 0 Å². The van der Waals surface area contributed by atoms with E-state index < -0.39 is 24.0 Å². The van der Waals surface area contributed by atoms with Gasteiger partial charge in [0.15, 0.2) is 0 Å². The number of esters is 1. The minimum Gasteiger partial charge on any atom is -0.480 e. The molecule has 1 atom stereocenters. The first-order valence-electron chi connectivity index (χ1n) is 5.43. The van der Waals surface area contributed by atoms with Gasteiger partial charge < -0.3 is 14.9 Å². The third kappa shape index (κ3) is 4.68. The molecule has 1 saturated heterocycles. The molecule has 0 saturated carbocycles. The highest BCUT2D eigenvalue weighted by molar-refractivity contribution is 5.80. The summed E-state index contributed by atoms with van der Waals surface area (Å²) in [4.78, 5) is 35.6. The number of ether oxygens (including phenoxy) is 1. The number of carboxylic acids is 2. The first-order valence-corrected chi connectivity index (χ1v) is 5.43. The van der Waals surface area contributed by atoms with E-state index in [1.54, 1.807) is 16.8 Å². The molecule has 1 heterocycles. The summed E-state index contributed by atoms with van der Waals surface area (Å²) in [5.74, 6) is -2.68. The highest BCUT2D eigenvalue weighted by Gasteiger charge is 2.31. The van der Waals surface area contributed by atoms with Crippen LogP contribution in [0.3, 0.4) is 0 Å². The number of nitrogens with zero attached hydrogens (tertiary/aromatic N) is 2. The molecule has 1 aliphatic rings. The van der Waals surface area contributed by atoms with Crippen LogP contribution in [0.4, 0.5) is 0 Å². The van der Waals surface area contributed by atoms with Crippen LogP contribution in [0.5, 0.6) is 0 Å². The average molecular weight is 260 g/mol. The van der Waals surface area contributed by atoms with Crippen molar-refractivity contribution in [2.75, 3.05) is 39.8 Å². The molecular weight excluding hydrogens is 244 g/mol. The summed E-state index contributed by atoms with van der Waals surface area (Å²) < 4.78 is 4.66. The molecule has 0 radical (unpaired) electrons. The maximum Gasteiger partial charge on any atom is 0.346 e. The third-order valence-corrected chi connectivity index (χ3v) is 2.53. The number of aliphatic carboxylic acids is 2. The van der Waals surface area contributed by atoms with Crippen molar-refractivity contribution >= 4 is 17.9 Å². The summed E-state index contributed by atoms with van der Waals surface area (Å²) in [6.45, 7) is 0.919. The van der Waals surface area contributed by atoms with E-state index in [9.17, 15) is 14.4 Å². The lowest BCUT2D eigenvalue weighted by atomic mass is 10.2. The number of rotatable bonds is 6. The van der Waals surface area contributed by atoms with E-state index >= 15 is 0 Å². The predicted octanol–water partition coefficient (Wildman–Crippen LogP) is -1.69. The minimum atomic E-state index is -1.17. The summed E-state index contributed by atoms with van der Waals surface area (Å²) in [6, 6.07) is 0. The van der Waals surface area contributed by atoms with Crippen molar-refractivity contribution in [3.05, 3.63) is 0 Å². The highest BCUT2D eigenvalue weighted by Crippen LogP contribution is 2.06. The van der Waals surface area contributed by atoms with Gasteiger partial charge in [-0.1, -0.05) is 0 Å². The predicted molar refractivity (Wildman–Crippen MR) is 59.1 cm³/mol. The fourth-order valence-corrected chi connectivity index (χ4v) is 1.64. The fourth-order valence-electron chi connectivity index (χ4n) is 1.64. The lowest BCUT2D eigenvalue weighted by Crippen LogP contribution is -2.50. The molecule has 8 heteroatoms. The van der Waals surface area contributed by atoms with Crippen molar-refractivity contribution in [3.8, 4) is 0 Å². The van der Waals surface area contributed by atoms with Gasteiger partial charge in [-0.05, 0) is 7.05 Å². The Hall–Kier alpha value is -1.67. The van der Waals surface area contributed by atoms with E-state index in [0.717, 1.165) is 0 Å². The quantitative estimate of drug-likeness (QED) is 0.545. The van der Waals surface area contributed by atoms with Crippen LogP contribution >= 0.6 is 0 Å². The molecule has 0 aromatic rings. The van der Waals surface area contributed by atoms with Gasteiger partial charge in [0.2, 0.25) is 6.10 Å². The van der Waals surface area contributed by atoms with E-state index in [0.29, 0.717) is 13.1 Å². The lowest BCUT2D eigenvalue weighted by Gasteiger charge is -2.30. The van der Waals surface area contributed by atoms with Gasteiger partial charge in [0.05, 0.1) is 13.1 Å². The van der Waals surface area contributed by atoms with Crippen LogP contribution in [-0.4, -0.2) is 83.8 Å². The Bertz CT molecular complexity index is 345. The van der Waals surface area contributed by atoms with Crippen molar-refractivity contribution in [2.45, 2.75) is 6.10 Å². The SMILES string of the molecule is CN(CCN1CC(=O)OC(C(=O)O)C1)CC(=O)O. The van der Waals surface area contributed by atoms with Crippen LogP contribution in [0, 0.1) is 0 Å². The Morgan fingerprint density at radius 1 is 1.50 bits per heavy atom. The van der Waals surface area contributed by atoms with E-state index in [-0.39, 0.29) is 19.6 Å². The summed E-state index contributed by atoms with van der Waals surface area (Å²) in [6.07, 6.45) is -1.14. The molecule has 0 aromatic carbocycles. The first kappa shape index (κ1) is 14.4. The monoisotopic (exact) mass is 260 g/mol. The largest absolute Gasteiger partial charge is 0.480 e. The van der Waals surface area contributed by atoms with Gasteiger partial charge in [0.25, 0.3) is 0 Å². The van der Waals surface area contributed by atoms with Gasteiger partial charge >= 0.3 is 17.9 Å². The Kier molecular flexibility index (Phi) is 5.05. The van der Waals surface area contributed by atoms with Crippen LogP contribution < -0.4 is 0 Å². The molecule has 0 aromatic heterocycles. The van der Waals surface area contributed by atoms with Gasteiger partial charge in [-0.2, -0.15) is 0 Å². The molecule has 1 fully saturated rings. The van der Waals surface area contributed by atoms with Crippen molar-refractivity contribution in [2.24, 2.45) is 0 Å². The molecule has 0 amide bonds. The zero-order valence-corrected chi connectivity index (χ0v) is 10.0. The Balaban J connectivity index is 2.39. The van der Waals surface area contributed by atoms with Gasteiger partial charge in [0.1, 0.15) is 0 Å². The topological polar surface area (TPSA) is 107 Å². The normalized spacial score (nSPS) is 20.8. The zero-order chi connectivity index (χ0) is 13.7. The highest BCUT2D eigenvalue weighted by atomic mass is 16.6. The van der Waals surface area contributed by atoms with Crippen molar-refractivity contribution in [1.82, 2.24) is 9.80 Å². The van der Waals surface area contributed by atoms with E-state index in [2.05, 4.69) is 4.74 Å². The summed E-state index contributed by atoms with van der Waals surface area (Å²) in [5, 5.41) is 17.3.